The van der Waals surface area contributed by atoms with Crippen molar-refractivity contribution in [2.45, 2.75) is 12.6 Å². The van der Waals surface area contributed by atoms with E-state index < -0.39 is 0 Å². The highest BCUT2D eigenvalue weighted by molar-refractivity contribution is 5.32. The van der Waals surface area contributed by atoms with Gasteiger partial charge in [0, 0.05) is 26.2 Å². The molecule has 1 unspecified atom stereocenters. The summed E-state index contributed by atoms with van der Waals surface area (Å²) in [4.78, 5) is 2.32. The SMILES string of the molecule is N#Cc1cccc(CN2CCOC(CN)C2)c1. The van der Waals surface area contributed by atoms with Crippen molar-refractivity contribution in [3.63, 3.8) is 0 Å². The second-order valence-corrected chi connectivity index (χ2v) is 4.28. The molecule has 1 fully saturated rings. The highest BCUT2D eigenvalue weighted by atomic mass is 16.5. The Balaban J connectivity index is 1.98. The number of rotatable bonds is 3. The van der Waals surface area contributed by atoms with E-state index in [1.165, 1.54) is 5.56 Å². The maximum atomic E-state index is 8.85. The number of morpholine rings is 1. The van der Waals surface area contributed by atoms with E-state index in [0.717, 1.165) is 26.2 Å². The predicted octanol–water partition coefficient (Wildman–Crippen LogP) is 0.718. The summed E-state index contributed by atoms with van der Waals surface area (Å²) in [5.41, 5.74) is 7.49. The first kappa shape index (κ1) is 12.1. The molecule has 0 radical (unpaired) electrons. The molecular formula is C13H17N3O. The first-order valence-electron chi connectivity index (χ1n) is 5.85. The van der Waals surface area contributed by atoms with Gasteiger partial charge in [-0.2, -0.15) is 5.26 Å². The van der Waals surface area contributed by atoms with Crippen LogP contribution in [-0.4, -0.2) is 37.2 Å². The summed E-state index contributed by atoms with van der Waals surface area (Å²) in [7, 11) is 0. The van der Waals surface area contributed by atoms with E-state index in [-0.39, 0.29) is 6.10 Å². The Morgan fingerprint density at radius 3 is 3.18 bits per heavy atom. The van der Waals surface area contributed by atoms with Gasteiger partial charge in [0.1, 0.15) is 0 Å². The summed E-state index contributed by atoms with van der Waals surface area (Å²) >= 11 is 0. The minimum Gasteiger partial charge on any atom is -0.374 e. The van der Waals surface area contributed by atoms with Gasteiger partial charge in [-0.3, -0.25) is 4.90 Å². The van der Waals surface area contributed by atoms with Gasteiger partial charge in [-0.1, -0.05) is 12.1 Å². The molecule has 1 heterocycles. The van der Waals surface area contributed by atoms with Crippen molar-refractivity contribution in [2.24, 2.45) is 5.73 Å². The van der Waals surface area contributed by atoms with E-state index >= 15 is 0 Å². The molecule has 1 atom stereocenters. The van der Waals surface area contributed by atoms with Gasteiger partial charge in [0.2, 0.25) is 0 Å². The molecular weight excluding hydrogens is 214 g/mol. The third-order valence-electron chi connectivity index (χ3n) is 2.95. The number of benzene rings is 1. The van der Waals surface area contributed by atoms with Crippen molar-refractivity contribution < 1.29 is 4.74 Å². The Labute approximate surface area is 102 Å². The molecule has 2 N–H and O–H groups in total. The van der Waals surface area contributed by atoms with Crippen LogP contribution in [0.4, 0.5) is 0 Å². The molecule has 0 saturated carbocycles. The Morgan fingerprint density at radius 2 is 2.41 bits per heavy atom. The van der Waals surface area contributed by atoms with E-state index in [2.05, 4.69) is 11.0 Å². The van der Waals surface area contributed by atoms with Crippen LogP contribution in [0.3, 0.4) is 0 Å². The topological polar surface area (TPSA) is 62.3 Å². The first-order valence-corrected chi connectivity index (χ1v) is 5.85. The van der Waals surface area contributed by atoms with Gasteiger partial charge in [0.25, 0.3) is 0 Å². The molecule has 4 heteroatoms. The molecule has 17 heavy (non-hydrogen) atoms. The standard InChI is InChI=1S/C13H17N3O/c14-7-11-2-1-3-12(6-11)9-16-4-5-17-13(8-15)10-16/h1-3,6,13H,4-5,8-10,15H2. The second-order valence-electron chi connectivity index (χ2n) is 4.28. The average molecular weight is 231 g/mol. The van der Waals surface area contributed by atoms with E-state index in [0.29, 0.717) is 12.1 Å². The molecule has 2 rings (SSSR count). The molecule has 90 valence electrons. The van der Waals surface area contributed by atoms with Crippen molar-refractivity contribution >= 4 is 0 Å². The smallest absolute Gasteiger partial charge is 0.0991 e. The molecule has 1 aromatic carbocycles. The lowest BCUT2D eigenvalue weighted by molar-refractivity contribution is -0.0260. The Morgan fingerprint density at radius 1 is 1.53 bits per heavy atom. The molecule has 0 amide bonds. The van der Waals surface area contributed by atoms with Gasteiger partial charge in [-0.15, -0.1) is 0 Å². The summed E-state index contributed by atoms with van der Waals surface area (Å²) < 4.78 is 5.52. The van der Waals surface area contributed by atoms with Crippen molar-refractivity contribution in [1.82, 2.24) is 4.90 Å². The summed E-state index contributed by atoms with van der Waals surface area (Å²) in [6.45, 7) is 3.95. The van der Waals surface area contributed by atoms with Gasteiger partial charge in [0.05, 0.1) is 24.3 Å². The van der Waals surface area contributed by atoms with Crippen LogP contribution in [0.15, 0.2) is 24.3 Å². The van der Waals surface area contributed by atoms with Crippen molar-refractivity contribution in [1.29, 1.82) is 5.26 Å². The minimum atomic E-state index is 0.142. The second kappa shape index (κ2) is 5.78. The van der Waals surface area contributed by atoms with Crippen LogP contribution in [-0.2, 0) is 11.3 Å². The number of nitrogens with zero attached hydrogens (tertiary/aromatic N) is 2. The Hall–Kier alpha value is -1.41. The molecule has 0 spiro atoms. The number of nitrogens with two attached hydrogens (primary N) is 1. The lowest BCUT2D eigenvalue weighted by atomic mass is 10.1. The normalized spacial score (nSPS) is 21.1. The molecule has 1 aliphatic rings. The van der Waals surface area contributed by atoms with Crippen molar-refractivity contribution in [2.75, 3.05) is 26.2 Å². The molecule has 1 aromatic rings. The van der Waals surface area contributed by atoms with E-state index in [4.69, 9.17) is 15.7 Å². The van der Waals surface area contributed by atoms with Crippen molar-refractivity contribution in [3.05, 3.63) is 35.4 Å². The van der Waals surface area contributed by atoms with Crippen LogP contribution in [0.1, 0.15) is 11.1 Å². The van der Waals surface area contributed by atoms with Gasteiger partial charge < -0.3 is 10.5 Å². The van der Waals surface area contributed by atoms with E-state index in [1.807, 2.05) is 24.3 Å². The predicted molar refractivity (Wildman–Crippen MR) is 65.2 cm³/mol. The van der Waals surface area contributed by atoms with Crippen LogP contribution in [0, 0.1) is 11.3 Å². The molecule has 4 nitrogen and oxygen atoms in total. The zero-order valence-electron chi connectivity index (χ0n) is 9.80. The lowest BCUT2D eigenvalue weighted by Crippen LogP contribution is -2.45. The zero-order chi connectivity index (χ0) is 12.1. The largest absolute Gasteiger partial charge is 0.374 e. The van der Waals surface area contributed by atoms with Gasteiger partial charge in [-0.05, 0) is 17.7 Å². The van der Waals surface area contributed by atoms with Gasteiger partial charge >= 0.3 is 0 Å². The number of hydrogen-bond acceptors (Lipinski definition) is 4. The Kier molecular flexibility index (Phi) is 4.10. The first-order chi connectivity index (χ1) is 8.31. The van der Waals surface area contributed by atoms with Gasteiger partial charge in [0.15, 0.2) is 0 Å². The highest BCUT2D eigenvalue weighted by Crippen LogP contribution is 2.11. The van der Waals surface area contributed by atoms with E-state index in [1.54, 1.807) is 0 Å². The minimum absolute atomic E-state index is 0.142. The maximum absolute atomic E-state index is 8.85. The van der Waals surface area contributed by atoms with Crippen molar-refractivity contribution in [3.8, 4) is 6.07 Å². The molecule has 1 saturated heterocycles. The maximum Gasteiger partial charge on any atom is 0.0991 e. The van der Waals surface area contributed by atoms with Crippen LogP contribution >= 0.6 is 0 Å². The summed E-state index contributed by atoms with van der Waals surface area (Å²) in [6.07, 6.45) is 0.142. The summed E-state index contributed by atoms with van der Waals surface area (Å²) in [6, 6.07) is 9.90. The van der Waals surface area contributed by atoms with Crippen LogP contribution < -0.4 is 5.73 Å². The highest BCUT2D eigenvalue weighted by Gasteiger charge is 2.18. The van der Waals surface area contributed by atoms with Crippen LogP contribution in [0.25, 0.3) is 0 Å². The molecule has 0 bridgehead atoms. The number of hydrogen-bond donors (Lipinski definition) is 1. The lowest BCUT2D eigenvalue weighted by Gasteiger charge is -2.32. The fraction of sp³-hybridized carbons (Fsp3) is 0.462. The third-order valence-corrected chi connectivity index (χ3v) is 2.95. The fourth-order valence-electron chi connectivity index (χ4n) is 2.06. The average Bonchev–Trinajstić information content (AvgIpc) is 2.39. The Bertz CT molecular complexity index is 413. The monoisotopic (exact) mass is 231 g/mol. The zero-order valence-corrected chi connectivity index (χ0v) is 9.80. The number of ether oxygens (including phenoxy) is 1. The quantitative estimate of drug-likeness (QED) is 0.832. The van der Waals surface area contributed by atoms with Crippen LogP contribution in [0.5, 0.6) is 0 Å². The van der Waals surface area contributed by atoms with Crippen LogP contribution in [0.2, 0.25) is 0 Å². The molecule has 0 aliphatic carbocycles. The summed E-state index contributed by atoms with van der Waals surface area (Å²) in [5, 5.41) is 8.85. The summed E-state index contributed by atoms with van der Waals surface area (Å²) in [5.74, 6) is 0. The third kappa shape index (κ3) is 3.27. The molecule has 1 aliphatic heterocycles. The number of nitriles is 1. The van der Waals surface area contributed by atoms with Gasteiger partial charge in [-0.25, -0.2) is 0 Å². The molecule has 0 aromatic heterocycles. The van der Waals surface area contributed by atoms with E-state index in [9.17, 15) is 0 Å². The fourth-order valence-corrected chi connectivity index (χ4v) is 2.06.